The molecule has 0 spiro atoms. The van der Waals surface area contributed by atoms with E-state index in [2.05, 4.69) is 5.32 Å². The second-order valence-electron chi connectivity index (χ2n) is 6.17. The van der Waals surface area contributed by atoms with Crippen LogP contribution in [0.5, 0.6) is 0 Å². The molecule has 1 aromatic rings. The Morgan fingerprint density at radius 1 is 0.926 bits per heavy atom. The van der Waals surface area contributed by atoms with Crippen molar-refractivity contribution in [2.45, 2.75) is 13.8 Å². The van der Waals surface area contributed by atoms with Crippen molar-refractivity contribution < 1.29 is 14.4 Å². The maximum atomic E-state index is 12.3. The van der Waals surface area contributed by atoms with Crippen molar-refractivity contribution in [2.24, 2.45) is 0 Å². The van der Waals surface area contributed by atoms with E-state index in [4.69, 9.17) is 23.2 Å². The largest absolute Gasteiger partial charge is 0.342 e. The summed E-state index contributed by atoms with van der Waals surface area (Å²) in [5.74, 6) is -0.643. The number of carbonyl (C=O) groups excluding carboxylic acids is 3. The van der Waals surface area contributed by atoms with E-state index < -0.39 is 0 Å². The highest BCUT2D eigenvalue weighted by Gasteiger charge is 2.18. The average molecular weight is 417 g/mol. The Hall–Kier alpha value is -1.83. The van der Waals surface area contributed by atoms with Crippen LogP contribution in [-0.4, -0.2) is 79.2 Å². The van der Waals surface area contributed by atoms with Crippen molar-refractivity contribution in [3.05, 3.63) is 28.2 Å². The summed E-state index contributed by atoms with van der Waals surface area (Å²) in [5.41, 5.74) is 0.497. The van der Waals surface area contributed by atoms with Gasteiger partial charge < -0.3 is 15.1 Å². The van der Waals surface area contributed by atoms with Crippen LogP contribution in [-0.2, 0) is 14.4 Å². The van der Waals surface area contributed by atoms with Crippen molar-refractivity contribution in [1.29, 1.82) is 0 Å². The highest BCUT2D eigenvalue weighted by atomic mass is 35.5. The highest BCUT2D eigenvalue weighted by Crippen LogP contribution is 2.24. The Morgan fingerprint density at radius 2 is 1.52 bits per heavy atom. The molecule has 7 nitrogen and oxygen atoms in total. The predicted octanol–water partition coefficient (Wildman–Crippen LogP) is 2.19. The molecule has 3 amide bonds. The maximum absolute atomic E-state index is 12.3. The van der Waals surface area contributed by atoms with Crippen LogP contribution >= 0.6 is 23.2 Å². The van der Waals surface area contributed by atoms with E-state index in [-0.39, 0.29) is 37.4 Å². The smallest absolute Gasteiger partial charge is 0.243 e. The van der Waals surface area contributed by atoms with Gasteiger partial charge in [-0.25, -0.2) is 0 Å². The third-order valence-corrected chi connectivity index (χ3v) is 4.68. The molecule has 0 saturated carbocycles. The molecule has 0 radical (unpaired) electrons. The van der Waals surface area contributed by atoms with Crippen LogP contribution in [0.3, 0.4) is 0 Å². The molecule has 150 valence electrons. The predicted molar refractivity (Wildman–Crippen MR) is 108 cm³/mol. The molecule has 0 saturated heterocycles. The monoisotopic (exact) mass is 416 g/mol. The molecule has 9 heteroatoms. The molecule has 0 heterocycles. The van der Waals surface area contributed by atoms with Gasteiger partial charge in [-0.3, -0.25) is 19.3 Å². The molecular weight excluding hydrogens is 391 g/mol. The van der Waals surface area contributed by atoms with E-state index >= 15 is 0 Å². The molecule has 0 aliphatic heterocycles. The van der Waals surface area contributed by atoms with E-state index in [1.807, 2.05) is 13.8 Å². The van der Waals surface area contributed by atoms with E-state index in [1.54, 1.807) is 29.0 Å². The molecular formula is C18H26Cl2N4O3. The molecule has 0 aliphatic rings. The molecule has 0 atom stereocenters. The van der Waals surface area contributed by atoms with E-state index in [9.17, 15) is 14.4 Å². The number of likely N-dealkylation sites (N-methyl/N-ethyl adjacent to an activating group) is 3. The van der Waals surface area contributed by atoms with Gasteiger partial charge in [0, 0.05) is 25.8 Å². The number of nitrogens with zero attached hydrogens (tertiary/aromatic N) is 3. The maximum Gasteiger partial charge on any atom is 0.243 e. The molecule has 0 fully saturated rings. The molecule has 0 aliphatic carbocycles. The summed E-state index contributed by atoms with van der Waals surface area (Å²) in [6.07, 6.45) is 0. The van der Waals surface area contributed by atoms with Crippen LogP contribution < -0.4 is 5.32 Å². The van der Waals surface area contributed by atoms with Crippen molar-refractivity contribution in [2.75, 3.05) is 52.1 Å². The summed E-state index contributed by atoms with van der Waals surface area (Å²) in [5, 5.41) is 3.39. The van der Waals surface area contributed by atoms with Crippen molar-refractivity contribution in [3.63, 3.8) is 0 Å². The van der Waals surface area contributed by atoms with Gasteiger partial charge in [0.25, 0.3) is 0 Å². The summed E-state index contributed by atoms with van der Waals surface area (Å²) < 4.78 is 0. The zero-order valence-electron chi connectivity index (χ0n) is 16.1. The van der Waals surface area contributed by atoms with Gasteiger partial charge in [-0.15, -0.1) is 0 Å². The third kappa shape index (κ3) is 7.74. The number of rotatable bonds is 9. The fourth-order valence-corrected chi connectivity index (χ4v) is 2.69. The van der Waals surface area contributed by atoms with Crippen LogP contribution in [0.15, 0.2) is 18.2 Å². The second kappa shape index (κ2) is 11.1. The summed E-state index contributed by atoms with van der Waals surface area (Å²) in [7, 11) is 3.24. The zero-order valence-corrected chi connectivity index (χ0v) is 17.6. The first-order valence-electron chi connectivity index (χ1n) is 8.63. The summed E-state index contributed by atoms with van der Waals surface area (Å²) >= 11 is 11.7. The van der Waals surface area contributed by atoms with Gasteiger partial charge >= 0.3 is 0 Å². The van der Waals surface area contributed by atoms with Crippen LogP contribution in [0.25, 0.3) is 0 Å². The minimum atomic E-state index is -0.355. The number of nitrogens with one attached hydrogen (secondary N) is 1. The highest BCUT2D eigenvalue weighted by molar-refractivity contribution is 6.42. The lowest BCUT2D eigenvalue weighted by Gasteiger charge is -2.24. The standard InChI is InChI=1S/C18H26Cl2N4O3/c1-5-24(6-2)18(27)12-22(3)11-17(26)23(4)10-16(25)21-13-7-8-14(19)15(20)9-13/h7-9H,5-6,10-12H2,1-4H3,(H,21,25). The minimum Gasteiger partial charge on any atom is -0.342 e. The van der Waals surface area contributed by atoms with Crippen LogP contribution in [0, 0.1) is 0 Å². The van der Waals surface area contributed by atoms with Crippen molar-refractivity contribution >= 4 is 46.6 Å². The fourth-order valence-electron chi connectivity index (χ4n) is 2.39. The third-order valence-electron chi connectivity index (χ3n) is 3.94. The van der Waals surface area contributed by atoms with Gasteiger partial charge in [0.05, 0.1) is 29.7 Å². The number of halogens is 2. The molecule has 1 aromatic carbocycles. The Labute approximate surface area is 170 Å². The van der Waals surface area contributed by atoms with E-state index in [0.29, 0.717) is 28.8 Å². The van der Waals surface area contributed by atoms with Crippen LogP contribution in [0.1, 0.15) is 13.8 Å². The molecule has 0 unspecified atom stereocenters. The Bertz CT molecular complexity index is 681. The molecule has 1 rings (SSSR count). The van der Waals surface area contributed by atoms with Gasteiger partial charge in [0.15, 0.2) is 0 Å². The van der Waals surface area contributed by atoms with Gasteiger partial charge in [0.2, 0.25) is 17.7 Å². The van der Waals surface area contributed by atoms with E-state index in [1.165, 1.54) is 18.0 Å². The summed E-state index contributed by atoms with van der Waals surface area (Å²) in [4.78, 5) is 41.1. The SMILES string of the molecule is CCN(CC)C(=O)CN(C)CC(=O)N(C)CC(=O)Nc1ccc(Cl)c(Cl)c1. The Kier molecular flexibility index (Phi) is 9.55. The van der Waals surface area contributed by atoms with E-state index in [0.717, 1.165) is 0 Å². The fraction of sp³-hybridized carbons (Fsp3) is 0.500. The summed E-state index contributed by atoms with van der Waals surface area (Å²) in [6.45, 7) is 5.16. The lowest BCUT2D eigenvalue weighted by molar-refractivity contribution is -0.136. The molecule has 1 N–H and O–H groups in total. The number of hydrogen-bond donors (Lipinski definition) is 1. The number of hydrogen-bond acceptors (Lipinski definition) is 4. The zero-order chi connectivity index (χ0) is 20.6. The van der Waals surface area contributed by atoms with Gasteiger partial charge in [0.1, 0.15) is 0 Å². The second-order valence-corrected chi connectivity index (χ2v) is 6.98. The first-order chi connectivity index (χ1) is 12.7. The first kappa shape index (κ1) is 23.2. The van der Waals surface area contributed by atoms with Crippen LogP contribution in [0.4, 0.5) is 5.69 Å². The molecule has 0 bridgehead atoms. The van der Waals surface area contributed by atoms with Crippen molar-refractivity contribution in [1.82, 2.24) is 14.7 Å². The summed E-state index contributed by atoms with van der Waals surface area (Å²) in [6, 6.07) is 4.74. The van der Waals surface area contributed by atoms with Gasteiger partial charge in [-0.2, -0.15) is 0 Å². The Morgan fingerprint density at radius 3 is 2.07 bits per heavy atom. The first-order valence-corrected chi connectivity index (χ1v) is 9.38. The van der Waals surface area contributed by atoms with Gasteiger partial charge in [-0.05, 0) is 39.1 Å². The quantitative estimate of drug-likeness (QED) is 0.669. The average Bonchev–Trinajstić information content (AvgIpc) is 2.58. The number of carbonyl (C=O) groups is 3. The normalized spacial score (nSPS) is 10.6. The number of anilines is 1. The number of amides is 3. The molecule has 27 heavy (non-hydrogen) atoms. The minimum absolute atomic E-state index is 0.0321. The topological polar surface area (TPSA) is 73.0 Å². The lowest BCUT2D eigenvalue weighted by atomic mass is 10.3. The molecule has 0 aromatic heterocycles. The van der Waals surface area contributed by atoms with Crippen molar-refractivity contribution in [3.8, 4) is 0 Å². The lowest BCUT2D eigenvalue weighted by Crippen LogP contribution is -2.44. The number of benzene rings is 1. The van der Waals surface area contributed by atoms with Gasteiger partial charge in [-0.1, -0.05) is 23.2 Å². The Balaban J connectivity index is 2.49. The van der Waals surface area contributed by atoms with Crippen LogP contribution in [0.2, 0.25) is 10.0 Å².